The van der Waals surface area contributed by atoms with Gasteiger partial charge in [-0.1, -0.05) is 31.7 Å². The minimum Gasteiger partial charge on any atom is -0.512 e. The minimum atomic E-state index is 0.0283. The molecule has 1 heterocycles. The van der Waals surface area contributed by atoms with Crippen LogP contribution in [0.15, 0.2) is 45.4 Å². The quantitative estimate of drug-likeness (QED) is 0.823. The van der Waals surface area contributed by atoms with Crippen LogP contribution in [0.25, 0.3) is 0 Å². The maximum atomic E-state index is 12.1. The Morgan fingerprint density at radius 2 is 2.04 bits per heavy atom. The lowest BCUT2D eigenvalue weighted by Crippen LogP contribution is -2.28. The number of thioether (sulfide) groups is 1. The van der Waals surface area contributed by atoms with Crippen molar-refractivity contribution in [2.24, 2.45) is 0 Å². The Balaban J connectivity index is 1.77. The topological polar surface area (TPSA) is 52.6 Å². The van der Waals surface area contributed by atoms with Crippen LogP contribution >= 0.6 is 11.8 Å². The highest BCUT2D eigenvalue weighted by atomic mass is 32.2. The van der Waals surface area contributed by atoms with Gasteiger partial charge in [0.1, 0.15) is 5.76 Å². The number of rotatable bonds is 6. The van der Waals surface area contributed by atoms with E-state index in [0.717, 1.165) is 47.2 Å². The molecule has 24 heavy (non-hydrogen) atoms. The summed E-state index contributed by atoms with van der Waals surface area (Å²) in [5.41, 5.74) is 3.29. The van der Waals surface area contributed by atoms with E-state index >= 15 is 0 Å². The molecule has 0 bridgehead atoms. The van der Waals surface area contributed by atoms with Crippen molar-refractivity contribution >= 4 is 23.2 Å². The highest BCUT2D eigenvalue weighted by Gasteiger charge is 2.28. The van der Waals surface area contributed by atoms with Crippen molar-refractivity contribution in [1.82, 2.24) is 4.90 Å². The van der Waals surface area contributed by atoms with Gasteiger partial charge in [-0.25, -0.2) is 0 Å². The van der Waals surface area contributed by atoms with E-state index in [-0.39, 0.29) is 18.0 Å². The van der Waals surface area contributed by atoms with Crippen LogP contribution in [-0.2, 0) is 11.2 Å². The highest BCUT2D eigenvalue weighted by molar-refractivity contribution is 8.04. The van der Waals surface area contributed by atoms with Crippen LogP contribution in [0.2, 0.25) is 0 Å². The summed E-state index contributed by atoms with van der Waals surface area (Å²) in [5, 5.41) is 13.3. The normalized spacial score (nSPS) is 16.8. The molecule has 0 fully saturated rings. The van der Waals surface area contributed by atoms with Gasteiger partial charge in [-0.2, -0.15) is 0 Å². The van der Waals surface area contributed by atoms with Gasteiger partial charge < -0.3 is 15.3 Å². The molecular formula is C19H24N2O2S. The lowest BCUT2D eigenvalue weighted by atomic mass is 9.96. The van der Waals surface area contributed by atoms with Crippen molar-refractivity contribution < 1.29 is 9.90 Å². The van der Waals surface area contributed by atoms with Crippen molar-refractivity contribution in [2.75, 3.05) is 31.5 Å². The molecule has 128 valence electrons. The predicted molar refractivity (Wildman–Crippen MR) is 99.6 cm³/mol. The molecule has 0 spiro atoms. The summed E-state index contributed by atoms with van der Waals surface area (Å²) in [5.74, 6) is 0.204. The zero-order valence-electron chi connectivity index (χ0n) is 14.3. The number of Topliss-reactive ketones (excluding diaryl/α,β-unsaturated/α-hetero) is 1. The lowest BCUT2D eigenvalue weighted by molar-refractivity contribution is -0.114. The van der Waals surface area contributed by atoms with E-state index < -0.39 is 0 Å². The van der Waals surface area contributed by atoms with E-state index in [2.05, 4.69) is 36.2 Å². The summed E-state index contributed by atoms with van der Waals surface area (Å²) in [6.07, 6.45) is 2.59. The molecule has 0 unspecified atom stereocenters. The van der Waals surface area contributed by atoms with Crippen LogP contribution in [0, 0.1) is 0 Å². The second kappa shape index (κ2) is 7.45. The maximum absolute atomic E-state index is 12.1. The Hall–Kier alpha value is -1.72. The number of hydrogen-bond acceptors (Lipinski definition) is 5. The van der Waals surface area contributed by atoms with Gasteiger partial charge in [-0.3, -0.25) is 4.79 Å². The first-order valence-electron chi connectivity index (χ1n) is 8.54. The van der Waals surface area contributed by atoms with Crippen molar-refractivity contribution in [3.63, 3.8) is 0 Å². The fraction of sp³-hybridized carbons (Fsp3) is 0.421. The smallest absolute Gasteiger partial charge is 0.177 e. The number of carbonyl (C=O) groups excluding carboxylic acids is 1. The largest absolute Gasteiger partial charge is 0.512 e. The third-order valence-corrected chi connectivity index (χ3v) is 5.87. The average Bonchev–Trinajstić information content (AvgIpc) is 2.57. The number of aliphatic hydroxyl groups is 1. The fourth-order valence-corrected chi connectivity index (χ4v) is 4.31. The third kappa shape index (κ3) is 3.52. The zero-order chi connectivity index (χ0) is 17.1. The molecule has 0 atom stereocenters. The number of nitrogens with zero attached hydrogens (tertiary/aromatic N) is 1. The predicted octanol–water partition coefficient (Wildman–Crippen LogP) is 3.76. The van der Waals surface area contributed by atoms with Crippen molar-refractivity contribution in [2.45, 2.75) is 31.6 Å². The molecule has 1 aromatic carbocycles. The van der Waals surface area contributed by atoms with E-state index in [4.69, 9.17) is 0 Å². The number of anilines is 1. The van der Waals surface area contributed by atoms with E-state index in [9.17, 15) is 9.90 Å². The van der Waals surface area contributed by atoms with Crippen LogP contribution in [-0.4, -0.2) is 42.0 Å². The van der Waals surface area contributed by atoms with Gasteiger partial charge in [0, 0.05) is 30.1 Å². The summed E-state index contributed by atoms with van der Waals surface area (Å²) in [6.45, 7) is 8.38. The molecule has 1 aromatic rings. The van der Waals surface area contributed by atoms with E-state index in [1.807, 2.05) is 6.07 Å². The number of likely N-dealkylation sites (N-methyl/N-ethyl adjacent to an activating group) is 1. The molecule has 4 nitrogen and oxygen atoms in total. The Morgan fingerprint density at radius 3 is 2.79 bits per heavy atom. The number of nitrogens with one attached hydrogen (secondary N) is 1. The second-order valence-corrected chi connectivity index (χ2v) is 7.16. The fourth-order valence-electron chi connectivity index (χ4n) is 3.19. The van der Waals surface area contributed by atoms with Crippen LogP contribution in [0.4, 0.5) is 5.69 Å². The summed E-state index contributed by atoms with van der Waals surface area (Å²) in [4.78, 5) is 16.5. The average molecular weight is 344 g/mol. The molecule has 5 heteroatoms. The maximum Gasteiger partial charge on any atom is 0.177 e. The molecule has 0 amide bonds. The second-order valence-electron chi connectivity index (χ2n) is 6.10. The summed E-state index contributed by atoms with van der Waals surface area (Å²) in [6, 6.07) is 6.21. The van der Waals surface area contributed by atoms with E-state index in [1.165, 1.54) is 17.3 Å². The number of allylic oxidation sites excluding steroid dienone is 4. The SMILES string of the molecule is CCN(CC)CCNc1cccc2c1CC1=C(S2)C(=O)CC(O)=C1. The summed E-state index contributed by atoms with van der Waals surface area (Å²) in [7, 11) is 0. The van der Waals surface area contributed by atoms with Gasteiger partial charge in [0.05, 0.1) is 11.3 Å². The van der Waals surface area contributed by atoms with Crippen LogP contribution in [0.5, 0.6) is 0 Å². The first-order chi connectivity index (χ1) is 11.6. The molecule has 0 saturated carbocycles. The monoisotopic (exact) mass is 344 g/mol. The first-order valence-corrected chi connectivity index (χ1v) is 9.35. The van der Waals surface area contributed by atoms with Gasteiger partial charge in [-0.15, -0.1) is 0 Å². The Morgan fingerprint density at radius 1 is 1.25 bits per heavy atom. The molecule has 2 aliphatic rings. The molecule has 2 N–H and O–H groups in total. The molecule has 0 radical (unpaired) electrons. The Bertz CT molecular complexity index is 705. The molecule has 0 saturated heterocycles. The minimum absolute atomic E-state index is 0.0283. The Kier molecular flexibility index (Phi) is 5.31. The summed E-state index contributed by atoms with van der Waals surface area (Å²) < 4.78 is 0. The lowest BCUT2D eigenvalue weighted by Gasteiger charge is -2.26. The number of benzene rings is 1. The van der Waals surface area contributed by atoms with Crippen LogP contribution < -0.4 is 5.32 Å². The van der Waals surface area contributed by atoms with Gasteiger partial charge in [0.25, 0.3) is 0 Å². The molecule has 1 aliphatic heterocycles. The molecule has 0 aromatic heterocycles. The molecule has 3 rings (SSSR count). The van der Waals surface area contributed by atoms with Crippen LogP contribution in [0.1, 0.15) is 25.8 Å². The first kappa shape index (κ1) is 17.1. The Labute approximate surface area is 147 Å². The summed E-state index contributed by atoms with van der Waals surface area (Å²) >= 11 is 1.54. The molecular weight excluding hydrogens is 320 g/mol. The van der Waals surface area contributed by atoms with Gasteiger partial charge >= 0.3 is 0 Å². The van der Waals surface area contributed by atoms with E-state index in [0.29, 0.717) is 6.42 Å². The number of aliphatic hydroxyl groups excluding tert-OH is 1. The number of hydrogen-bond donors (Lipinski definition) is 2. The van der Waals surface area contributed by atoms with Gasteiger partial charge in [0.15, 0.2) is 5.78 Å². The number of carbonyl (C=O) groups is 1. The third-order valence-electron chi connectivity index (χ3n) is 4.58. The zero-order valence-corrected chi connectivity index (χ0v) is 15.1. The van der Waals surface area contributed by atoms with Crippen molar-refractivity contribution in [1.29, 1.82) is 0 Å². The number of ketones is 1. The van der Waals surface area contributed by atoms with E-state index in [1.54, 1.807) is 6.08 Å². The highest BCUT2D eigenvalue weighted by Crippen LogP contribution is 2.44. The van der Waals surface area contributed by atoms with Gasteiger partial charge in [-0.05, 0) is 42.4 Å². The van der Waals surface area contributed by atoms with Gasteiger partial charge in [0.2, 0.25) is 0 Å². The molecule has 1 aliphatic carbocycles. The van der Waals surface area contributed by atoms with Crippen LogP contribution in [0.3, 0.4) is 0 Å². The number of fused-ring (bicyclic) bond motifs is 1. The van der Waals surface area contributed by atoms with Crippen molar-refractivity contribution in [3.05, 3.63) is 46.1 Å². The standard InChI is InChI=1S/C19H24N2O2S/c1-3-21(4-2)9-8-20-16-6-5-7-18-15(16)11-13-10-14(22)12-17(23)19(13)24-18/h5-7,10,20,22H,3-4,8-9,11-12H2,1-2H3. The van der Waals surface area contributed by atoms with Crippen molar-refractivity contribution in [3.8, 4) is 0 Å².